The van der Waals surface area contributed by atoms with E-state index in [2.05, 4.69) is 39.5 Å². The molecule has 1 aliphatic heterocycles. The summed E-state index contributed by atoms with van der Waals surface area (Å²) in [6.07, 6.45) is 0. The highest BCUT2D eigenvalue weighted by molar-refractivity contribution is 6.04. The Kier molecular flexibility index (Phi) is 4.45. The highest BCUT2D eigenvalue weighted by Gasteiger charge is 2.29. The molecule has 0 fully saturated rings. The molecule has 0 saturated carbocycles. The molecule has 6 nitrogen and oxygen atoms in total. The van der Waals surface area contributed by atoms with Gasteiger partial charge in [-0.05, 0) is 36.8 Å². The number of aromatic amines is 1. The molecule has 1 aromatic heterocycles. The number of fused-ring (bicyclic) bond motifs is 1. The highest BCUT2D eigenvalue weighted by atomic mass is 16.1. The maximum absolute atomic E-state index is 12.5. The van der Waals surface area contributed by atoms with E-state index in [1.807, 2.05) is 24.3 Å². The molecule has 1 amide bonds. The number of aromatic nitrogens is 2. The number of nitrogens with zero attached hydrogens (tertiary/aromatic N) is 3. The van der Waals surface area contributed by atoms with E-state index in [-0.39, 0.29) is 11.9 Å². The number of rotatable bonds is 4. The highest BCUT2D eigenvalue weighted by Crippen LogP contribution is 2.33. The van der Waals surface area contributed by atoms with Crippen molar-refractivity contribution in [3.05, 3.63) is 82.5 Å². The molecule has 1 unspecified atom stereocenters. The Morgan fingerprint density at radius 3 is 2.63 bits per heavy atom. The van der Waals surface area contributed by atoms with E-state index >= 15 is 0 Å². The number of benzene rings is 2. The van der Waals surface area contributed by atoms with Crippen molar-refractivity contribution in [2.24, 2.45) is 0 Å². The van der Waals surface area contributed by atoms with Gasteiger partial charge in [0.1, 0.15) is 0 Å². The monoisotopic (exact) mass is 357 g/mol. The minimum Gasteiger partial charge on any atom is -0.305 e. The second-order valence-electron chi connectivity index (χ2n) is 6.66. The van der Waals surface area contributed by atoms with Gasteiger partial charge in [-0.3, -0.25) is 14.8 Å². The van der Waals surface area contributed by atoms with Gasteiger partial charge in [0.05, 0.1) is 17.3 Å². The fraction of sp³-hybridized carbons (Fsp3) is 0.190. The van der Waals surface area contributed by atoms with Crippen LogP contribution in [-0.2, 0) is 13.1 Å². The standard InChI is InChI=1S/C21H19N5O/c1-14(16-5-3-2-4-6-16)26-12-18-19(13-26)24-25-20(18)23-21(27)17-9-7-15(11-22)8-10-17/h2-10,14H,12-13H2,1H3,(H2,23,24,25,27). The molecule has 0 aliphatic carbocycles. The first-order chi connectivity index (χ1) is 13.2. The summed E-state index contributed by atoms with van der Waals surface area (Å²) >= 11 is 0. The van der Waals surface area contributed by atoms with Crippen molar-refractivity contribution < 1.29 is 4.79 Å². The quantitative estimate of drug-likeness (QED) is 0.747. The van der Waals surface area contributed by atoms with Gasteiger partial charge >= 0.3 is 0 Å². The molecule has 2 heterocycles. The fourth-order valence-electron chi connectivity index (χ4n) is 3.36. The van der Waals surface area contributed by atoms with Crippen molar-refractivity contribution in [3.8, 4) is 6.07 Å². The van der Waals surface area contributed by atoms with Crippen molar-refractivity contribution in [2.45, 2.75) is 26.1 Å². The molecule has 0 radical (unpaired) electrons. The number of hydrogen-bond acceptors (Lipinski definition) is 4. The molecular formula is C21H19N5O. The third kappa shape index (κ3) is 3.33. The van der Waals surface area contributed by atoms with Crippen LogP contribution in [0, 0.1) is 11.3 Å². The van der Waals surface area contributed by atoms with Gasteiger partial charge in [0.2, 0.25) is 0 Å². The topological polar surface area (TPSA) is 84.8 Å². The lowest BCUT2D eigenvalue weighted by molar-refractivity contribution is 0.102. The number of hydrogen-bond donors (Lipinski definition) is 2. The van der Waals surface area contributed by atoms with Crippen LogP contribution in [0.3, 0.4) is 0 Å². The number of carbonyl (C=O) groups excluding carboxylic acids is 1. The van der Waals surface area contributed by atoms with Gasteiger partial charge in [0, 0.05) is 30.3 Å². The maximum Gasteiger partial charge on any atom is 0.256 e. The number of anilines is 1. The Bertz CT molecular complexity index is 1000. The molecule has 6 heteroatoms. The molecule has 0 bridgehead atoms. The third-order valence-corrected chi connectivity index (χ3v) is 5.01. The van der Waals surface area contributed by atoms with Crippen LogP contribution in [-0.4, -0.2) is 21.0 Å². The zero-order valence-electron chi connectivity index (χ0n) is 14.9. The number of carbonyl (C=O) groups is 1. The van der Waals surface area contributed by atoms with Gasteiger partial charge in [0.15, 0.2) is 5.82 Å². The first kappa shape index (κ1) is 17.0. The molecule has 1 atom stereocenters. The molecule has 1 aliphatic rings. The van der Waals surface area contributed by atoms with E-state index < -0.39 is 0 Å². The molecule has 0 spiro atoms. The summed E-state index contributed by atoms with van der Waals surface area (Å²) in [5, 5.41) is 19.1. The first-order valence-electron chi connectivity index (χ1n) is 8.82. The van der Waals surface area contributed by atoms with Crippen LogP contribution in [0.1, 0.15) is 45.7 Å². The molecule has 3 aromatic rings. The summed E-state index contributed by atoms with van der Waals surface area (Å²) < 4.78 is 0. The van der Waals surface area contributed by atoms with Crippen LogP contribution in [0.15, 0.2) is 54.6 Å². The van der Waals surface area contributed by atoms with Crippen molar-refractivity contribution in [1.82, 2.24) is 15.1 Å². The number of H-pyrrole nitrogens is 1. The Balaban J connectivity index is 1.48. The second kappa shape index (κ2) is 7.06. The summed E-state index contributed by atoms with van der Waals surface area (Å²) in [7, 11) is 0. The Morgan fingerprint density at radius 2 is 1.93 bits per heavy atom. The van der Waals surface area contributed by atoms with Crippen LogP contribution in [0.4, 0.5) is 5.82 Å². The molecule has 0 saturated heterocycles. The minimum absolute atomic E-state index is 0.233. The average Bonchev–Trinajstić information content (AvgIpc) is 3.30. The van der Waals surface area contributed by atoms with Crippen molar-refractivity contribution in [1.29, 1.82) is 5.26 Å². The normalized spacial score (nSPS) is 14.4. The predicted octanol–water partition coefficient (Wildman–Crippen LogP) is 3.61. The van der Waals surface area contributed by atoms with Crippen LogP contribution in [0.2, 0.25) is 0 Å². The van der Waals surface area contributed by atoms with E-state index in [1.165, 1.54) is 5.56 Å². The summed E-state index contributed by atoms with van der Waals surface area (Å²) in [4.78, 5) is 14.8. The van der Waals surface area contributed by atoms with Gasteiger partial charge in [-0.15, -0.1) is 0 Å². The smallest absolute Gasteiger partial charge is 0.256 e. The summed E-state index contributed by atoms with van der Waals surface area (Å²) in [5.74, 6) is 0.338. The number of nitriles is 1. The van der Waals surface area contributed by atoms with Crippen LogP contribution in [0.25, 0.3) is 0 Å². The fourth-order valence-corrected chi connectivity index (χ4v) is 3.36. The van der Waals surface area contributed by atoms with E-state index in [9.17, 15) is 4.79 Å². The van der Waals surface area contributed by atoms with Crippen molar-refractivity contribution in [3.63, 3.8) is 0 Å². The van der Waals surface area contributed by atoms with Crippen LogP contribution >= 0.6 is 0 Å². The predicted molar refractivity (Wildman–Crippen MR) is 102 cm³/mol. The molecule has 4 rings (SSSR count). The number of nitrogens with one attached hydrogen (secondary N) is 2. The lowest BCUT2D eigenvalue weighted by Crippen LogP contribution is -2.22. The van der Waals surface area contributed by atoms with E-state index in [1.54, 1.807) is 24.3 Å². The zero-order chi connectivity index (χ0) is 18.8. The Morgan fingerprint density at radius 1 is 1.19 bits per heavy atom. The summed E-state index contributed by atoms with van der Waals surface area (Å²) in [6, 6.07) is 19.2. The molecule has 2 N–H and O–H groups in total. The minimum atomic E-state index is -0.233. The zero-order valence-corrected chi connectivity index (χ0v) is 14.9. The van der Waals surface area contributed by atoms with Crippen LogP contribution < -0.4 is 5.32 Å². The third-order valence-electron chi connectivity index (χ3n) is 5.01. The molecule has 134 valence electrons. The number of amides is 1. The average molecular weight is 357 g/mol. The van der Waals surface area contributed by atoms with Gasteiger partial charge in [-0.1, -0.05) is 30.3 Å². The van der Waals surface area contributed by atoms with Gasteiger partial charge in [-0.2, -0.15) is 10.4 Å². The summed E-state index contributed by atoms with van der Waals surface area (Å²) in [6.45, 7) is 3.68. The Hall–Kier alpha value is -3.43. The molecular weight excluding hydrogens is 338 g/mol. The van der Waals surface area contributed by atoms with Gasteiger partial charge in [-0.25, -0.2) is 0 Å². The van der Waals surface area contributed by atoms with Gasteiger partial charge < -0.3 is 5.32 Å². The lowest BCUT2D eigenvalue weighted by Gasteiger charge is -2.24. The summed E-state index contributed by atoms with van der Waals surface area (Å²) in [5.41, 5.74) is 4.35. The van der Waals surface area contributed by atoms with Crippen LogP contribution in [0.5, 0.6) is 0 Å². The van der Waals surface area contributed by atoms with E-state index in [4.69, 9.17) is 5.26 Å². The van der Waals surface area contributed by atoms with E-state index in [0.717, 1.165) is 24.3 Å². The molecule has 27 heavy (non-hydrogen) atoms. The molecule has 2 aromatic carbocycles. The SMILES string of the molecule is CC(c1ccccc1)N1Cc2[nH]nc(NC(=O)c3ccc(C#N)cc3)c2C1. The lowest BCUT2D eigenvalue weighted by atomic mass is 10.1. The first-order valence-corrected chi connectivity index (χ1v) is 8.82. The van der Waals surface area contributed by atoms with Gasteiger partial charge in [0.25, 0.3) is 5.91 Å². The maximum atomic E-state index is 12.5. The second-order valence-corrected chi connectivity index (χ2v) is 6.66. The van der Waals surface area contributed by atoms with Crippen molar-refractivity contribution in [2.75, 3.05) is 5.32 Å². The Labute approximate surface area is 157 Å². The van der Waals surface area contributed by atoms with Crippen molar-refractivity contribution >= 4 is 11.7 Å². The largest absolute Gasteiger partial charge is 0.305 e. The van der Waals surface area contributed by atoms with E-state index in [0.29, 0.717) is 16.9 Å².